The van der Waals surface area contributed by atoms with Gasteiger partial charge in [0.05, 0.1) is 25.5 Å². The minimum atomic E-state index is -4.43. The van der Waals surface area contributed by atoms with Gasteiger partial charge in [-0.1, -0.05) is 6.07 Å². The molecule has 0 fully saturated rings. The second kappa shape index (κ2) is 6.46. The molecule has 0 unspecified atom stereocenters. The fourth-order valence-electron chi connectivity index (χ4n) is 2.42. The lowest BCUT2D eigenvalue weighted by atomic mass is 10.1. The van der Waals surface area contributed by atoms with E-state index in [-0.39, 0.29) is 5.69 Å². The van der Waals surface area contributed by atoms with Crippen LogP contribution in [-0.4, -0.2) is 29.0 Å². The maximum atomic E-state index is 12.9. The molecule has 0 saturated carbocycles. The summed E-state index contributed by atoms with van der Waals surface area (Å²) in [5.74, 6) is 1.41. The number of rotatable bonds is 4. The fraction of sp³-hybridized carbons (Fsp3) is 0.176. The molecule has 8 heteroatoms. The van der Waals surface area contributed by atoms with Gasteiger partial charge in [-0.3, -0.25) is 0 Å². The Balaban J connectivity index is 2.08. The molecule has 25 heavy (non-hydrogen) atoms. The normalized spacial score (nSPS) is 11.4. The Hall–Kier alpha value is -3.03. The van der Waals surface area contributed by atoms with Gasteiger partial charge in [0.15, 0.2) is 17.3 Å². The highest BCUT2D eigenvalue weighted by Gasteiger charge is 2.30. The molecule has 2 aromatic carbocycles. The summed E-state index contributed by atoms with van der Waals surface area (Å²) in [7, 11) is 3.02. The van der Waals surface area contributed by atoms with E-state index < -0.39 is 11.7 Å². The molecule has 0 saturated heterocycles. The zero-order chi connectivity index (χ0) is 18.0. The molecule has 5 nitrogen and oxygen atoms in total. The van der Waals surface area contributed by atoms with E-state index in [1.54, 1.807) is 18.2 Å². The molecular formula is C17H14F3N3O2. The van der Waals surface area contributed by atoms with Crippen LogP contribution in [0.2, 0.25) is 0 Å². The third-order valence-corrected chi connectivity index (χ3v) is 3.61. The Morgan fingerprint density at radius 1 is 0.960 bits per heavy atom. The molecular weight excluding hydrogens is 335 g/mol. The van der Waals surface area contributed by atoms with E-state index in [1.807, 2.05) is 0 Å². The van der Waals surface area contributed by atoms with Crippen molar-refractivity contribution >= 4 is 0 Å². The molecule has 3 aromatic rings. The van der Waals surface area contributed by atoms with Crippen molar-refractivity contribution in [2.45, 2.75) is 6.18 Å². The Bertz CT molecular complexity index is 891. The van der Waals surface area contributed by atoms with Crippen LogP contribution in [0.3, 0.4) is 0 Å². The first kappa shape index (κ1) is 16.8. The summed E-state index contributed by atoms with van der Waals surface area (Å²) >= 11 is 0. The Labute approximate surface area is 141 Å². The minimum absolute atomic E-state index is 0.261. The molecule has 0 amide bonds. The highest BCUT2D eigenvalue weighted by atomic mass is 19.4. The van der Waals surface area contributed by atoms with Crippen LogP contribution in [0.1, 0.15) is 5.56 Å². The fourth-order valence-corrected chi connectivity index (χ4v) is 2.42. The van der Waals surface area contributed by atoms with E-state index in [0.717, 1.165) is 12.1 Å². The van der Waals surface area contributed by atoms with Crippen LogP contribution in [0.15, 0.2) is 48.8 Å². The number of hydrogen-bond donors (Lipinski definition) is 0. The average molecular weight is 349 g/mol. The highest BCUT2D eigenvalue weighted by molar-refractivity contribution is 5.63. The lowest BCUT2D eigenvalue weighted by molar-refractivity contribution is -0.137. The van der Waals surface area contributed by atoms with Crippen molar-refractivity contribution in [1.29, 1.82) is 0 Å². The van der Waals surface area contributed by atoms with Crippen molar-refractivity contribution in [3.05, 3.63) is 54.4 Å². The lowest BCUT2D eigenvalue weighted by Gasteiger charge is -2.12. The molecule has 0 aliphatic carbocycles. The van der Waals surface area contributed by atoms with Crippen molar-refractivity contribution in [3.63, 3.8) is 0 Å². The van der Waals surface area contributed by atoms with E-state index in [0.29, 0.717) is 22.9 Å². The van der Waals surface area contributed by atoms with Crippen molar-refractivity contribution in [1.82, 2.24) is 14.8 Å². The predicted molar refractivity (Wildman–Crippen MR) is 84.9 cm³/mol. The van der Waals surface area contributed by atoms with Gasteiger partial charge in [-0.25, -0.2) is 9.67 Å². The topological polar surface area (TPSA) is 49.2 Å². The predicted octanol–water partition coefficient (Wildman–Crippen LogP) is 3.97. The van der Waals surface area contributed by atoms with E-state index in [2.05, 4.69) is 10.1 Å². The van der Waals surface area contributed by atoms with Crippen molar-refractivity contribution in [2.24, 2.45) is 0 Å². The Morgan fingerprint density at radius 2 is 1.72 bits per heavy atom. The number of ether oxygens (including phenoxy) is 2. The molecule has 0 aliphatic rings. The standard InChI is InChI=1S/C17H14F3N3O2/c1-24-14-7-6-11(8-15(14)25-2)16-21-10-22-23(16)13-5-3-4-12(9-13)17(18,19)20/h3-10H,1-2H3. The summed E-state index contributed by atoms with van der Waals surface area (Å²) in [6, 6.07) is 10.0. The van der Waals surface area contributed by atoms with Crippen LogP contribution in [-0.2, 0) is 6.18 Å². The summed E-state index contributed by atoms with van der Waals surface area (Å²) in [6.45, 7) is 0. The van der Waals surface area contributed by atoms with E-state index in [4.69, 9.17) is 9.47 Å². The first-order valence-corrected chi connectivity index (χ1v) is 7.24. The summed E-state index contributed by atoms with van der Waals surface area (Å²) in [5.41, 5.74) is 0.142. The number of benzene rings is 2. The van der Waals surface area contributed by atoms with E-state index >= 15 is 0 Å². The third-order valence-electron chi connectivity index (χ3n) is 3.61. The van der Waals surface area contributed by atoms with Gasteiger partial charge < -0.3 is 9.47 Å². The van der Waals surface area contributed by atoms with Gasteiger partial charge in [-0.15, -0.1) is 0 Å². The van der Waals surface area contributed by atoms with Crippen molar-refractivity contribution in [2.75, 3.05) is 14.2 Å². The maximum absolute atomic E-state index is 12.9. The van der Waals surface area contributed by atoms with Crippen LogP contribution in [0.4, 0.5) is 13.2 Å². The molecule has 1 heterocycles. The average Bonchev–Trinajstić information content (AvgIpc) is 3.10. The van der Waals surface area contributed by atoms with Crippen LogP contribution in [0, 0.1) is 0 Å². The van der Waals surface area contributed by atoms with Crippen molar-refractivity contribution in [3.8, 4) is 28.6 Å². The quantitative estimate of drug-likeness (QED) is 0.715. The second-order valence-electron chi connectivity index (χ2n) is 5.11. The van der Waals surface area contributed by atoms with Gasteiger partial charge in [-0.05, 0) is 36.4 Å². The number of nitrogens with zero attached hydrogens (tertiary/aromatic N) is 3. The number of hydrogen-bond acceptors (Lipinski definition) is 4. The summed E-state index contributed by atoms with van der Waals surface area (Å²) in [4.78, 5) is 4.16. The molecule has 0 N–H and O–H groups in total. The third kappa shape index (κ3) is 3.28. The first-order valence-electron chi connectivity index (χ1n) is 7.24. The molecule has 0 spiro atoms. The zero-order valence-electron chi connectivity index (χ0n) is 13.4. The Kier molecular flexibility index (Phi) is 4.35. The number of methoxy groups -OCH3 is 2. The molecule has 0 bridgehead atoms. The van der Waals surface area contributed by atoms with E-state index in [1.165, 1.54) is 37.4 Å². The SMILES string of the molecule is COc1ccc(-c2ncnn2-c2cccc(C(F)(F)F)c2)cc1OC. The lowest BCUT2D eigenvalue weighted by Crippen LogP contribution is -2.07. The number of alkyl halides is 3. The van der Waals surface area contributed by atoms with Gasteiger partial charge in [-0.2, -0.15) is 18.3 Å². The summed E-state index contributed by atoms with van der Waals surface area (Å²) < 4.78 is 50.6. The van der Waals surface area contributed by atoms with Gasteiger partial charge >= 0.3 is 6.18 Å². The van der Waals surface area contributed by atoms with Gasteiger partial charge in [0.1, 0.15) is 6.33 Å². The summed E-state index contributed by atoms with van der Waals surface area (Å²) in [6.07, 6.45) is -3.15. The monoisotopic (exact) mass is 349 g/mol. The molecule has 1 aromatic heterocycles. The van der Waals surface area contributed by atoms with Crippen molar-refractivity contribution < 1.29 is 22.6 Å². The molecule has 3 rings (SSSR count). The Morgan fingerprint density at radius 3 is 2.40 bits per heavy atom. The minimum Gasteiger partial charge on any atom is -0.493 e. The van der Waals surface area contributed by atoms with Crippen LogP contribution in [0.25, 0.3) is 17.1 Å². The van der Waals surface area contributed by atoms with Crippen LogP contribution >= 0.6 is 0 Å². The first-order chi connectivity index (χ1) is 11.9. The molecule has 0 atom stereocenters. The smallest absolute Gasteiger partial charge is 0.416 e. The van der Waals surface area contributed by atoms with Gasteiger partial charge in [0.25, 0.3) is 0 Å². The van der Waals surface area contributed by atoms with Gasteiger partial charge in [0.2, 0.25) is 0 Å². The number of halogens is 3. The molecule has 0 radical (unpaired) electrons. The molecule has 130 valence electrons. The maximum Gasteiger partial charge on any atom is 0.416 e. The molecule has 0 aliphatic heterocycles. The van der Waals surface area contributed by atoms with Gasteiger partial charge in [0, 0.05) is 5.56 Å². The summed E-state index contributed by atoms with van der Waals surface area (Å²) in [5, 5.41) is 4.05. The van der Waals surface area contributed by atoms with Crippen LogP contribution < -0.4 is 9.47 Å². The largest absolute Gasteiger partial charge is 0.493 e. The zero-order valence-corrected chi connectivity index (χ0v) is 13.4. The van der Waals surface area contributed by atoms with Crippen LogP contribution in [0.5, 0.6) is 11.5 Å². The number of aromatic nitrogens is 3. The second-order valence-corrected chi connectivity index (χ2v) is 5.11. The van der Waals surface area contributed by atoms with E-state index in [9.17, 15) is 13.2 Å². The highest BCUT2D eigenvalue weighted by Crippen LogP contribution is 2.33.